The minimum atomic E-state index is -0.316. The lowest BCUT2D eigenvalue weighted by Gasteiger charge is -2.11. The molecule has 0 bridgehead atoms. The highest BCUT2D eigenvalue weighted by molar-refractivity contribution is 5.93. The Morgan fingerprint density at radius 3 is 2.53 bits per heavy atom. The predicted molar refractivity (Wildman–Crippen MR) is 59.2 cm³/mol. The summed E-state index contributed by atoms with van der Waals surface area (Å²) in [4.78, 5) is 27.3. The molecule has 1 aromatic rings. The molecule has 0 unspecified atom stereocenters. The van der Waals surface area contributed by atoms with E-state index in [9.17, 15) is 9.59 Å². The van der Waals surface area contributed by atoms with Crippen molar-refractivity contribution in [1.29, 1.82) is 0 Å². The average Bonchev–Trinajstić information content (AvgIpc) is 2.17. The Bertz CT molecular complexity index is 433. The molecule has 0 atom stereocenters. The highest BCUT2D eigenvalue weighted by atomic mass is 16.2. The minimum Gasteiger partial charge on any atom is -0.345 e. The Morgan fingerprint density at radius 2 is 2.07 bits per heavy atom. The molecule has 0 aliphatic rings. The minimum absolute atomic E-state index is 0.211. The Hall–Kier alpha value is -1.58. The van der Waals surface area contributed by atoms with Gasteiger partial charge in [0, 0.05) is 19.8 Å². The van der Waals surface area contributed by atoms with E-state index in [-0.39, 0.29) is 17.0 Å². The van der Waals surface area contributed by atoms with E-state index in [0.29, 0.717) is 0 Å². The predicted octanol–water partition coefficient (Wildman–Crippen LogP) is 0.948. The van der Waals surface area contributed by atoms with Crippen molar-refractivity contribution in [2.75, 3.05) is 14.1 Å². The number of nitrogens with one attached hydrogen (secondary N) is 1. The van der Waals surface area contributed by atoms with Crippen molar-refractivity contribution >= 4 is 5.91 Å². The van der Waals surface area contributed by atoms with Crippen molar-refractivity contribution in [3.63, 3.8) is 0 Å². The molecule has 0 aliphatic heterocycles. The number of amides is 1. The van der Waals surface area contributed by atoms with Gasteiger partial charge in [0.05, 0.1) is 0 Å². The standard InChI is InChI=1S/C11H16N2O2/c1-5-8-6-9(11(15)13(3)4)10(14)12-7(8)2/h6H,5H2,1-4H3,(H,12,14). The van der Waals surface area contributed by atoms with Crippen LogP contribution >= 0.6 is 0 Å². The first-order valence-corrected chi connectivity index (χ1v) is 4.91. The lowest BCUT2D eigenvalue weighted by molar-refractivity contribution is 0.0825. The summed E-state index contributed by atoms with van der Waals surface area (Å²) >= 11 is 0. The number of carbonyl (C=O) groups is 1. The molecule has 1 amide bonds. The van der Waals surface area contributed by atoms with E-state index in [1.807, 2.05) is 13.8 Å². The number of aromatic amines is 1. The molecule has 0 spiro atoms. The van der Waals surface area contributed by atoms with Crippen LogP contribution in [0.4, 0.5) is 0 Å². The molecule has 4 nitrogen and oxygen atoms in total. The molecule has 0 radical (unpaired) electrons. The SMILES string of the molecule is CCc1cc(C(=O)N(C)C)c(=O)[nH]c1C. The molecule has 0 aliphatic carbocycles. The number of hydrogen-bond acceptors (Lipinski definition) is 2. The number of rotatable bonds is 2. The first-order valence-electron chi connectivity index (χ1n) is 4.91. The molecule has 0 saturated heterocycles. The molecule has 4 heteroatoms. The van der Waals surface area contributed by atoms with E-state index >= 15 is 0 Å². The van der Waals surface area contributed by atoms with Crippen LogP contribution in [0.2, 0.25) is 0 Å². The number of pyridine rings is 1. The Labute approximate surface area is 88.9 Å². The quantitative estimate of drug-likeness (QED) is 0.786. The van der Waals surface area contributed by atoms with Gasteiger partial charge in [-0.3, -0.25) is 9.59 Å². The third-order valence-corrected chi connectivity index (χ3v) is 2.36. The van der Waals surface area contributed by atoms with Crippen molar-refractivity contribution < 1.29 is 4.79 Å². The van der Waals surface area contributed by atoms with Crippen LogP contribution in [0.5, 0.6) is 0 Å². The third kappa shape index (κ3) is 2.26. The van der Waals surface area contributed by atoms with Crippen LogP contribution in [-0.2, 0) is 6.42 Å². The third-order valence-electron chi connectivity index (χ3n) is 2.36. The van der Waals surface area contributed by atoms with Gasteiger partial charge in [0.2, 0.25) is 0 Å². The zero-order chi connectivity index (χ0) is 11.6. The zero-order valence-electron chi connectivity index (χ0n) is 9.55. The smallest absolute Gasteiger partial charge is 0.261 e. The van der Waals surface area contributed by atoms with Gasteiger partial charge in [0.25, 0.3) is 11.5 Å². The Kier molecular flexibility index (Phi) is 3.29. The topological polar surface area (TPSA) is 53.2 Å². The normalized spacial score (nSPS) is 10.1. The van der Waals surface area contributed by atoms with Gasteiger partial charge in [-0.25, -0.2) is 0 Å². The van der Waals surface area contributed by atoms with Crippen LogP contribution in [0.3, 0.4) is 0 Å². The first kappa shape index (κ1) is 11.5. The number of carbonyl (C=O) groups excluding carboxylic acids is 1. The van der Waals surface area contributed by atoms with Crippen molar-refractivity contribution in [2.45, 2.75) is 20.3 Å². The lowest BCUT2D eigenvalue weighted by Crippen LogP contribution is -2.29. The second-order valence-corrected chi connectivity index (χ2v) is 3.72. The molecule has 1 aromatic heterocycles. The molecule has 0 aromatic carbocycles. The van der Waals surface area contributed by atoms with Gasteiger partial charge >= 0.3 is 0 Å². The molecule has 1 rings (SSSR count). The van der Waals surface area contributed by atoms with Crippen LogP contribution in [-0.4, -0.2) is 29.9 Å². The summed E-state index contributed by atoms with van der Waals surface area (Å²) < 4.78 is 0. The number of aryl methyl sites for hydroxylation is 2. The largest absolute Gasteiger partial charge is 0.345 e. The van der Waals surface area contributed by atoms with Crippen molar-refractivity contribution in [3.8, 4) is 0 Å². The molecule has 0 fully saturated rings. The van der Waals surface area contributed by atoms with Gasteiger partial charge in [0.1, 0.15) is 5.56 Å². The van der Waals surface area contributed by atoms with Crippen molar-refractivity contribution in [3.05, 3.63) is 33.2 Å². The molecule has 0 saturated carbocycles. The van der Waals surface area contributed by atoms with E-state index < -0.39 is 0 Å². The fourth-order valence-corrected chi connectivity index (χ4v) is 1.43. The van der Waals surface area contributed by atoms with E-state index in [1.165, 1.54) is 4.90 Å². The van der Waals surface area contributed by atoms with Crippen LogP contribution in [0.1, 0.15) is 28.5 Å². The lowest BCUT2D eigenvalue weighted by atomic mass is 10.1. The highest BCUT2D eigenvalue weighted by Gasteiger charge is 2.14. The second kappa shape index (κ2) is 4.29. The molecular formula is C11H16N2O2. The van der Waals surface area contributed by atoms with E-state index in [4.69, 9.17) is 0 Å². The van der Waals surface area contributed by atoms with Crippen molar-refractivity contribution in [1.82, 2.24) is 9.88 Å². The van der Waals surface area contributed by atoms with E-state index in [1.54, 1.807) is 20.2 Å². The summed E-state index contributed by atoms with van der Waals surface area (Å²) in [5.74, 6) is -0.258. The van der Waals surface area contributed by atoms with Crippen LogP contribution < -0.4 is 5.56 Å². The summed E-state index contributed by atoms with van der Waals surface area (Å²) in [5.41, 5.74) is 1.73. The molecule has 82 valence electrons. The Morgan fingerprint density at radius 1 is 1.47 bits per heavy atom. The van der Waals surface area contributed by atoms with E-state index in [0.717, 1.165) is 17.7 Å². The summed E-state index contributed by atoms with van der Waals surface area (Å²) in [6, 6.07) is 1.68. The van der Waals surface area contributed by atoms with Crippen LogP contribution in [0.15, 0.2) is 10.9 Å². The van der Waals surface area contributed by atoms with E-state index in [2.05, 4.69) is 4.98 Å². The molecule has 15 heavy (non-hydrogen) atoms. The van der Waals surface area contributed by atoms with Crippen LogP contribution in [0, 0.1) is 6.92 Å². The maximum Gasteiger partial charge on any atom is 0.261 e. The highest BCUT2D eigenvalue weighted by Crippen LogP contribution is 2.06. The molecule has 1 N–H and O–H groups in total. The fourth-order valence-electron chi connectivity index (χ4n) is 1.43. The first-order chi connectivity index (χ1) is 6.97. The van der Waals surface area contributed by atoms with Crippen LogP contribution in [0.25, 0.3) is 0 Å². The van der Waals surface area contributed by atoms with Gasteiger partial charge in [-0.1, -0.05) is 6.92 Å². The van der Waals surface area contributed by atoms with Gasteiger partial charge < -0.3 is 9.88 Å². The second-order valence-electron chi connectivity index (χ2n) is 3.72. The summed E-state index contributed by atoms with van der Waals surface area (Å²) in [7, 11) is 3.26. The fraction of sp³-hybridized carbons (Fsp3) is 0.455. The van der Waals surface area contributed by atoms with Gasteiger partial charge in [-0.05, 0) is 25.0 Å². The number of H-pyrrole nitrogens is 1. The molecule has 1 heterocycles. The van der Waals surface area contributed by atoms with Gasteiger partial charge in [-0.15, -0.1) is 0 Å². The van der Waals surface area contributed by atoms with Crippen molar-refractivity contribution in [2.24, 2.45) is 0 Å². The average molecular weight is 208 g/mol. The van der Waals surface area contributed by atoms with Gasteiger partial charge in [-0.2, -0.15) is 0 Å². The van der Waals surface area contributed by atoms with Gasteiger partial charge in [0.15, 0.2) is 0 Å². The summed E-state index contributed by atoms with van der Waals surface area (Å²) in [5, 5.41) is 0. The maximum absolute atomic E-state index is 11.7. The number of hydrogen-bond donors (Lipinski definition) is 1. The monoisotopic (exact) mass is 208 g/mol. The number of nitrogens with zero attached hydrogens (tertiary/aromatic N) is 1. The zero-order valence-corrected chi connectivity index (χ0v) is 9.55. The maximum atomic E-state index is 11.7. The molecular weight excluding hydrogens is 192 g/mol. The summed E-state index contributed by atoms with van der Waals surface area (Å²) in [6.45, 7) is 3.83. The Balaban J connectivity index is 3.31. The number of aromatic nitrogens is 1. The summed E-state index contributed by atoms with van der Waals surface area (Å²) in [6.07, 6.45) is 0.802.